The van der Waals surface area contributed by atoms with Crippen LogP contribution in [0, 0.1) is 16.5 Å². The minimum atomic E-state index is -0.375. The highest BCUT2D eigenvalue weighted by Gasteiger charge is 2.43. The molecule has 2 aromatic heterocycles. The lowest BCUT2D eigenvalue weighted by atomic mass is 9.87. The fourth-order valence-corrected chi connectivity index (χ4v) is 4.54. The Balaban J connectivity index is 1.75. The van der Waals surface area contributed by atoms with Crippen molar-refractivity contribution in [2.45, 2.75) is 58.4 Å². The highest BCUT2D eigenvalue weighted by atomic mass is 16.5. The number of carbonyl (C=O) groups excluding carboxylic acids is 1. The van der Waals surface area contributed by atoms with Gasteiger partial charge in [0.1, 0.15) is 0 Å². The first-order valence-corrected chi connectivity index (χ1v) is 9.88. The average molecular weight is 385 g/mol. The number of hydrogen-bond donors (Lipinski definition) is 2. The first kappa shape index (κ1) is 18.9. The molecular formula is C20H27N5O3. The maximum atomic E-state index is 13.1. The molecule has 28 heavy (non-hydrogen) atoms. The zero-order valence-electron chi connectivity index (χ0n) is 16.6. The van der Waals surface area contributed by atoms with Gasteiger partial charge in [0.15, 0.2) is 11.9 Å². The number of aliphatic hydroxyl groups is 1. The van der Waals surface area contributed by atoms with Gasteiger partial charge in [-0.1, -0.05) is 27.2 Å². The van der Waals surface area contributed by atoms with Gasteiger partial charge in [-0.2, -0.15) is 9.83 Å². The van der Waals surface area contributed by atoms with Gasteiger partial charge < -0.3 is 15.6 Å². The number of fused-ring (bicyclic) bond motifs is 3. The van der Waals surface area contributed by atoms with Crippen LogP contribution in [0.2, 0.25) is 0 Å². The lowest BCUT2D eigenvalue weighted by Gasteiger charge is -2.29. The third kappa shape index (κ3) is 3.15. The van der Waals surface area contributed by atoms with Gasteiger partial charge >= 0.3 is 0 Å². The van der Waals surface area contributed by atoms with Crippen molar-refractivity contribution in [3.63, 3.8) is 0 Å². The zero-order valence-corrected chi connectivity index (χ0v) is 16.6. The normalized spacial score (nSPS) is 22.0. The molecule has 1 fully saturated rings. The van der Waals surface area contributed by atoms with Crippen molar-refractivity contribution in [2.75, 3.05) is 6.61 Å². The molecule has 3 atom stereocenters. The van der Waals surface area contributed by atoms with E-state index in [1.54, 1.807) is 4.68 Å². The van der Waals surface area contributed by atoms with Gasteiger partial charge in [0, 0.05) is 11.5 Å². The fraction of sp³-hybridized carbons (Fsp3) is 0.600. The molecule has 0 saturated heterocycles. The third-order valence-electron chi connectivity index (χ3n) is 6.13. The Bertz CT molecular complexity index is 902. The van der Waals surface area contributed by atoms with E-state index < -0.39 is 0 Å². The van der Waals surface area contributed by atoms with Crippen molar-refractivity contribution >= 4 is 5.91 Å². The molecule has 2 N–H and O–H groups in total. The Morgan fingerprint density at radius 2 is 2.25 bits per heavy atom. The summed E-state index contributed by atoms with van der Waals surface area (Å²) in [5.41, 5.74) is 2.08. The molecule has 1 amide bonds. The standard InChI is InChI=1S/C20H27N5O3/c1-20(2,3)15(11-26)22-19(27)17-14-9-12-5-4-6-13(12)18(14)25(23-17)16-10-24(28)8-7-21-16/h7-8,10,12-13,15,26H,4-6,9,11H2,1-3H3,(H,22,27)/t12-,13-,15-/m1/s1. The number of aliphatic hydroxyl groups excluding tert-OH is 1. The SMILES string of the molecule is CC(C)(C)[C@@H](CO)NC(=O)c1nn(-c2c[n+]([O-])ccn2)c2c1C[C@H]1CCC[C@@H]21. The molecule has 2 aliphatic carbocycles. The minimum absolute atomic E-state index is 0.139. The summed E-state index contributed by atoms with van der Waals surface area (Å²) in [5, 5.41) is 29.0. The van der Waals surface area contributed by atoms with Crippen LogP contribution < -0.4 is 10.0 Å². The van der Waals surface area contributed by atoms with Crippen LogP contribution in [0.5, 0.6) is 0 Å². The van der Waals surface area contributed by atoms with Crippen molar-refractivity contribution < 1.29 is 14.6 Å². The first-order valence-electron chi connectivity index (χ1n) is 9.88. The molecule has 0 unspecified atom stereocenters. The molecule has 4 rings (SSSR count). The Morgan fingerprint density at radius 3 is 2.93 bits per heavy atom. The summed E-state index contributed by atoms with van der Waals surface area (Å²) in [6, 6.07) is -0.375. The maximum absolute atomic E-state index is 13.1. The van der Waals surface area contributed by atoms with Crippen LogP contribution in [0.4, 0.5) is 0 Å². The molecule has 8 nitrogen and oxygen atoms in total. The summed E-state index contributed by atoms with van der Waals surface area (Å²) in [4.78, 5) is 17.4. The van der Waals surface area contributed by atoms with Crippen molar-refractivity contribution in [2.24, 2.45) is 11.3 Å². The van der Waals surface area contributed by atoms with Crippen molar-refractivity contribution in [3.8, 4) is 5.82 Å². The quantitative estimate of drug-likeness (QED) is 0.612. The third-order valence-corrected chi connectivity index (χ3v) is 6.13. The highest BCUT2D eigenvalue weighted by Crippen LogP contribution is 2.49. The molecule has 1 saturated carbocycles. The summed E-state index contributed by atoms with van der Waals surface area (Å²) < 4.78 is 2.37. The van der Waals surface area contributed by atoms with E-state index in [4.69, 9.17) is 0 Å². The van der Waals surface area contributed by atoms with E-state index in [2.05, 4.69) is 15.4 Å². The highest BCUT2D eigenvalue weighted by molar-refractivity contribution is 5.94. The van der Waals surface area contributed by atoms with Gasteiger partial charge in [-0.3, -0.25) is 4.79 Å². The van der Waals surface area contributed by atoms with Gasteiger partial charge in [-0.25, -0.2) is 9.67 Å². The second-order valence-electron chi connectivity index (χ2n) is 8.97. The Morgan fingerprint density at radius 1 is 1.46 bits per heavy atom. The number of aromatic nitrogens is 4. The number of hydrogen-bond acceptors (Lipinski definition) is 5. The predicted molar refractivity (Wildman–Crippen MR) is 102 cm³/mol. The fourth-order valence-electron chi connectivity index (χ4n) is 4.54. The van der Waals surface area contributed by atoms with Gasteiger partial charge in [-0.15, -0.1) is 0 Å². The van der Waals surface area contributed by atoms with Crippen LogP contribution in [-0.2, 0) is 6.42 Å². The lowest BCUT2D eigenvalue weighted by molar-refractivity contribution is -0.605. The minimum Gasteiger partial charge on any atom is -0.619 e. The maximum Gasteiger partial charge on any atom is 0.272 e. The summed E-state index contributed by atoms with van der Waals surface area (Å²) in [6.07, 6.45) is 8.35. The summed E-state index contributed by atoms with van der Waals surface area (Å²) in [5.74, 6) is 1.01. The molecule has 0 spiro atoms. The number of rotatable bonds is 4. The van der Waals surface area contributed by atoms with Crippen LogP contribution in [0.25, 0.3) is 5.82 Å². The topological polar surface area (TPSA) is 107 Å². The van der Waals surface area contributed by atoms with Crippen LogP contribution in [0.3, 0.4) is 0 Å². The molecular weight excluding hydrogens is 358 g/mol. The van der Waals surface area contributed by atoms with Crippen LogP contribution >= 0.6 is 0 Å². The Hall–Kier alpha value is -2.48. The van der Waals surface area contributed by atoms with E-state index in [1.165, 1.54) is 25.0 Å². The van der Waals surface area contributed by atoms with Gasteiger partial charge in [0.25, 0.3) is 5.91 Å². The molecule has 0 radical (unpaired) electrons. The zero-order chi connectivity index (χ0) is 20.1. The van der Waals surface area contributed by atoms with E-state index in [9.17, 15) is 15.1 Å². The molecule has 2 aromatic rings. The average Bonchev–Trinajstić information content (AvgIpc) is 3.29. The van der Waals surface area contributed by atoms with Crippen molar-refractivity contribution in [1.82, 2.24) is 20.1 Å². The van der Waals surface area contributed by atoms with E-state index in [0.717, 1.165) is 30.5 Å². The molecule has 0 aromatic carbocycles. The van der Waals surface area contributed by atoms with Gasteiger partial charge in [0.2, 0.25) is 12.0 Å². The molecule has 150 valence electrons. The first-order chi connectivity index (χ1) is 13.3. The number of nitrogens with one attached hydrogen (secondary N) is 1. The lowest BCUT2D eigenvalue weighted by Crippen LogP contribution is -2.46. The molecule has 0 aliphatic heterocycles. The summed E-state index contributed by atoms with van der Waals surface area (Å²) >= 11 is 0. The number of nitrogens with zero attached hydrogens (tertiary/aromatic N) is 4. The van der Waals surface area contributed by atoms with E-state index >= 15 is 0 Å². The summed E-state index contributed by atoms with van der Waals surface area (Å²) in [7, 11) is 0. The second-order valence-corrected chi connectivity index (χ2v) is 8.97. The van der Waals surface area contributed by atoms with Crippen molar-refractivity contribution in [1.29, 1.82) is 0 Å². The van der Waals surface area contributed by atoms with Crippen LogP contribution in [0.15, 0.2) is 18.6 Å². The number of carbonyl (C=O) groups is 1. The van der Waals surface area contributed by atoms with Crippen molar-refractivity contribution in [3.05, 3.63) is 40.7 Å². The largest absolute Gasteiger partial charge is 0.619 e. The van der Waals surface area contributed by atoms with Crippen LogP contribution in [-0.4, -0.2) is 38.4 Å². The Kier molecular flexibility index (Phi) is 4.61. The molecule has 8 heteroatoms. The predicted octanol–water partition coefficient (Wildman–Crippen LogP) is 1.48. The smallest absolute Gasteiger partial charge is 0.272 e. The van der Waals surface area contributed by atoms with E-state index in [0.29, 0.717) is 28.1 Å². The monoisotopic (exact) mass is 385 g/mol. The van der Waals surface area contributed by atoms with E-state index in [1.807, 2.05) is 20.8 Å². The second kappa shape index (κ2) is 6.84. The van der Waals surface area contributed by atoms with Gasteiger partial charge in [0.05, 0.1) is 24.5 Å². The molecule has 2 heterocycles. The molecule has 2 aliphatic rings. The van der Waals surface area contributed by atoms with E-state index in [-0.39, 0.29) is 24.0 Å². The molecule has 0 bridgehead atoms. The Labute approximate surface area is 164 Å². The van der Waals surface area contributed by atoms with Gasteiger partial charge in [-0.05, 0) is 30.6 Å². The summed E-state index contributed by atoms with van der Waals surface area (Å²) in [6.45, 7) is 5.78. The van der Waals surface area contributed by atoms with Crippen LogP contribution in [0.1, 0.15) is 67.7 Å². The number of amides is 1.